The molecule has 0 spiro atoms. The van der Waals surface area contributed by atoms with Crippen LogP contribution in [-0.2, 0) is 0 Å². The number of aromatic nitrogens is 1. The highest BCUT2D eigenvalue weighted by Gasteiger charge is 2.22. The molecule has 0 amide bonds. The van der Waals surface area contributed by atoms with Crippen LogP contribution in [0.15, 0.2) is 24.5 Å². The van der Waals surface area contributed by atoms with Crippen LogP contribution in [0.2, 0.25) is 0 Å². The van der Waals surface area contributed by atoms with Gasteiger partial charge in [0.15, 0.2) is 0 Å². The van der Waals surface area contributed by atoms with Crippen molar-refractivity contribution < 1.29 is 0 Å². The van der Waals surface area contributed by atoms with E-state index in [2.05, 4.69) is 35.9 Å². The molecule has 0 aromatic carbocycles. The number of hydrogen-bond donors (Lipinski definition) is 0. The van der Waals surface area contributed by atoms with Gasteiger partial charge in [-0.3, -0.25) is 4.98 Å². The topological polar surface area (TPSA) is 16.1 Å². The minimum atomic E-state index is 0.749. The summed E-state index contributed by atoms with van der Waals surface area (Å²) in [5, 5.41) is 0. The fourth-order valence-electron chi connectivity index (χ4n) is 2.57. The molecule has 2 nitrogen and oxygen atoms in total. The normalized spacial score (nSPS) is 20.9. The first-order valence-electron chi connectivity index (χ1n) is 6.45. The van der Waals surface area contributed by atoms with Crippen molar-refractivity contribution in [2.24, 2.45) is 0 Å². The van der Waals surface area contributed by atoms with E-state index in [4.69, 9.17) is 0 Å². The van der Waals surface area contributed by atoms with E-state index in [-0.39, 0.29) is 0 Å². The van der Waals surface area contributed by atoms with Gasteiger partial charge in [-0.2, -0.15) is 0 Å². The zero-order chi connectivity index (χ0) is 11.4. The van der Waals surface area contributed by atoms with Crippen molar-refractivity contribution in [3.8, 4) is 0 Å². The standard InChI is InChI=1S/C14H22N2/c1-3-12(2)16-10-6-14(7-11-16)13-4-8-15-9-5-13/h4-5,8-9,12,14H,3,6-7,10-11H2,1-2H3. The van der Waals surface area contributed by atoms with Gasteiger partial charge in [0.25, 0.3) is 0 Å². The Labute approximate surface area is 98.7 Å². The first kappa shape index (κ1) is 11.6. The molecule has 1 atom stereocenters. The van der Waals surface area contributed by atoms with Crippen LogP contribution in [-0.4, -0.2) is 29.0 Å². The summed E-state index contributed by atoms with van der Waals surface area (Å²) in [6.07, 6.45) is 7.69. The maximum atomic E-state index is 4.09. The van der Waals surface area contributed by atoms with Crippen LogP contribution in [0.4, 0.5) is 0 Å². The van der Waals surface area contributed by atoms with Crippen molar-refractivity contribution in [1.82, 2.24) is 9.88 Å². The van der Waals surface area contributed by atoms with Crippen molar-refractivity contribution >= 4 is 0 Å². The molecule has 1 aromatic heterocycles. The molecule has 2 heterocycles. The summed E-state index contributed by atoms with van der Waals surface area (Å²) in [5.41, 5.74) is 1.47. The third kappa shape index (κ3) is 2.62. The number of likely N-dealkylation sites (tertiary alicyclic amines) is 1. The molecule has 1 aliphatic rings. The lowest BCUT2D eigenvalue weighted by molar-refractivity contribution is 0.158. The molecule has 2 rings (SSSR count). The van der Waals surface area contributed by atoms with E-state index in [1.165, 1.54) is 37.9 Å². The summed E-state index contributed by atoms with van der Waals surface area (Å²) in [5.74, 6) is 0.753. The average molecular weight is 218 g/mol. The second kappa shape index (κ2) is 5.44. The van der Waals surface area contributed by atoms with E-state index >= 15 is 0 Å². The number of rotatable bonds is 3. The predicted octanol–water partition coefficient (Wildman–Crippen LogP) is 3.06. The molecular weight excluding hydrogens is 196 g/mol. The van der Waals surface area contributed by atoms with Crippen LogP contribution in [0.1, 0.15) is 44.6 Å². The van der Waals surface area contributed by atoms with Crippen molar-refractivity contribution in [3.63, 3.8) is 0 Å². The molecule has 16 heavy (non-hydrogen) atoms. The molecule has 0 bridgehead atoms. The summed E-state index contributed by atoms with van der Waals surface area (Å²) < 4.78 is 0. The fraction of sp³-hybridized carbons (Fsp3) is 0.643. The summed E-state index contributed by atoms with van der Waals surface area (Å²) >= 11 is 0. The van der Waals surface area contributed by atoms with Crippen LogP contribution >= 0.6 is 0 Å². The van der Waals surface area contributed by atoms with Gasteiger partial charge in [-0.25, -0.2) is 0 Å². The molecule has 1 unspecified atom stereocenters. The predicted molar refractivity (Wildman–Crippen MR) is 67.5 cm³/mol. The number of pyridine rings is 1. The van der Waals surface area contributed by atoms with Gasteiger partial charge in [0.05, 0.1) is 0 Å². The van der Waals surface area contributed by atoms with E-state index in [0.29, 0.717) is 0 Å². The molecular formula is C14H22N2. The van der Waals surface area contributed by atoms with Crippen LogP contribution in [0.3, 0.4) is 0 Å². The van der Waals surface area contributed by atoms with Crippen LogP contribution < -0.4 is 0 Å². The van der Waals surface area contributed by atoms with Gasteiger partial charge in [-0.05, 0) is 62.9 Å². The molecule has 0 N–H and O–H groups in total. The van der Waals surface area contributed by atoms with Gasteiger partial charge in [0.2, 0.25) is 0 Å². The van der Waals surface area contributed by atoms with E-state index in [9.17, 15) is 0 Å². The van der Waals surface area contributed by atoms with Gasteiger partial charge in [-0.15, -0.1) is 0 Å². The highest BCUT2D eigenvalue weighted by Crippen LogP contribution is 2.28. The van der Waals surface area contributed by atoms with Crippen LogP contribution in [0, 0.1) is 0 Å². The van der Waals surface area contributed by atoms with Crippen molar-refractivity contribution in [1.29, 1.82) is 0 Å². The summed E-state index contributed by atoms with van der Waals surface area (Å²) in [6, 6.07) is 5.09. The number of piperidine rings is 1. The second-order valence-corrected chi connectivity index (χ2v) is 4.85. The minimum absolute atomic E-state index is 0.749. The van der Waals surface area contributed by atoms with Crippen molar-refractivity contribution in [2.45, 2.75) is 45.1 Å². The Hall–Kier alpha value is -0.890. The molecule has 1 saturated heterocycles. The van der Waals surface area contributed by atoms with Gasteiger partial charge < -0.3 is 4.90 Å². The Morgan fingerprint density at radius 3 is 2.50 bits per heavy atom. The van der Waals surface area contributed by atoms with E-state index in [0.717, 1.165) is 12.0 Å². The summed E-state index contributed by atoms with van der Waals surface area (Å²) in [7, 11) is 0. The Morgan fingerprint density at radius 1 is 1.31 bits per heavy atom. The monoisotopic (exact) mass is 218 g/mol. The Kier molecular flexibility index (Phi) is 3.94. The number of nitrogens with zero attached hydrogens (tertiary/aromatic N) is 2. The third-order valence-corrected chi connectivity index (χ3v) is 3.92. The van der Waals surface area contributed by atoms with Gasteiger partial charge in [-0.1, -0.05) is 6.92 Å². The molecule has 1 aromatic rings. The number of hydrogen-bond acceptors (Lipinski definition) is 2. The van der Waals surface area contributed by atoms with Crippen molar-refractivity contribution in [2.75, 3.05) is 13.1 Å². The quantitative estimate of drug-likeness (QED) is 0.775. The zero-order valence-corrected chi connectivity index (χ0v) is 10.4. The smallest absolute Gasteiger partial charge is 0.0270 e. The first-order chi connectivity index (χ1) is 7.81. The lowest BCUT2D eigenvalue weighted by Gasteiger charge is -2.35. The lowest BCUT2D eigenvalue weighted by Crippen LogP contribution is -2.39. The highest BCUT2D eigenvalue weighted by molar-refractivity contribution is 5.16. The largest absolute Gasteiger partial charge is 0.301 e. The Morgan fingerprint density at radius 2 is 1.94 bits per heavy atom. The molecule has 0 saturated carbocycles. The third-order valence-electron chi connectivity index (χ3n) is 3.92. The average Bonchev–Trinajstić information content (AvgIpc) is 2.39. The van der Waals surface area contributed by atoms with E-state index < -0.39 is 0 Å². The van der Waals surface area contributed by atoms with E-state index in [1.54, 1.807) is 0 Å². The molecule has 1 fully saturated rings. The fourth-order valence-corrected chi connectivity index (χ4v) is 2.57. The SMILES string of the molecule is CCC(C)N1CCC(c2ccncc2)CC1. The Balaban J connectivity index is 1.91. The van der Waals surface area contributed by atoms with Crippen molar-refractivity contribution in [3.05, 3.63) is 30.1 Å². The highest BCUT2D eigenvalue weighted by atomic mass is 15.2. The molecule has 88 valence electrons. The van der Waals surface area contributed by atoms with E-state index in [1.807, 2.05) is 12.4 Å². The van der Waals surface area contributed by atoms with Gasteiger partial charge in [0.1, 0.15) is 0 Å². The molecule has 1 aliphatic heterocycles. The first-order valence-corrected chi connectivity index (χ1v) is 6.45. The lowest BCUT2D eigenvalue weighted by atomic mass is 9.89. The molecule has 2 heteroatoms. The Bertz CT molecular complexity index is 302. The maximum Gasteiger partial charge on any atom is 0.0270 e. The molecule has 0 aliphatic carbocycles. The van der Waals surface area contributed by atoms with Crippen LogP contribution in [0.25, 0.3) is 0 Å². The summed E-state index contributed by atoms with van der Waals surface area (Å²) in [6.45, 7) is 7.12. The minimum Gasteiger partial charge on any atom is -0.301 e. The second-order valence-electron chi connectivity index (χ2n) is 4.85. The van der Waals surface area contributed by atoms with Gasteiger partial charge in [0, 0.05) is 18.4 Å². The van der Waals surface area contributed by atoms with Crippen LogP contribution in [0.5, 0.6) is 0 Å². The zero-order valence-electron chi connectivity index (χ0n) is 10.4. The summed E-state index contributed by atoms with van der Waals surface area (Å²) in [4.78, 5) is 6.71. The molecule has 0 radical (unpaired) electrons. The van der Waals surface area contributed by atoms with Gasteiger partial charge >= 0.3 is 0 Å². The maximum absolute atomic E-state index is 4.09.